The molecule has 0 aliphatic heterocycles. The standard InChI is InChI=1S/C13H22BrN3O3S2/c1-15-13(16-6-7-20-8-9-22(3,18)19)17(2)10-11-4-5-12(14)21-11/h4-5H,6-10H2,1-3H3,(H,15,16). The van der Waals surface area contributed by atoms with Crippen molar-refractivity contribution in [3.63, 3.8) is 0 Å². The van der Waals surface area contributed by atoms with E-state index in [9.17, 15) is 8.42 Å². The average molecular weight is 412 g/mol. The van der Waals surface area contributed by atoms with Crippen LogP contribution in [-0.2, 0) is 21.1 Å². The first-order valence-electron chi connectivity index (χ1n) is 6.73. The number of guanidine groups is 1. The van der Waals surface area contributed by atoms with Gasteiger partial charge >= 0.3 is 0 Å². The monoisotopic (exact) mass is 411 g/mol. The Morgan fingerprint density at radius 3 is 2.73 bits per heavy atom. The van der Waals surface area contributed by atoms with E-state index in [1.165, 1.54) is 11.1 Å². The lowest BCUT2D eigenvalue weighted by atomic mass is 10.4. The third-order valence-corrected chi connectivity index (χ3v) is 5.24. The first-order valence-corrected chi connectivity index (χ1v) is 10.4. The van der Waals surface area contributed by atoms with Crippen molar-refractivity contribution in [2.24, 2.45) is 4.99 Å². The molecule has 6 nitrogen and oxygen atoms in total. The van der Waals surface area contributed by atoms with E-state index in [0.29, 0.717) is 13.2 Å². The summed E-state index contributed by atoms with van der Waals surface area (Å²) < 4.78 is 28.3. The number of aliphatic imine (C=N–C) groups is 1. The van der Waals surface area contributed by atoms with E-state index < -0.39 is 9.84 Å². The summed E-state index contributed by atoms with van der Waals surface area (Å²) in [6.07, 6.45) is 1.20. The summed E-state index contributed by atoms with van der Waals surface area (Å²) in [6.45, 7) is 2.00. The van der Waals surface area contributed by atoms with Gasteiger partial charge in [-0.2, -0.15) is 0 Å². The van der Waals surface area contributed by atoms with Crippen molar-refractivity contribution in [1.29, 1.82) is 0 Å². The van der Waals surface area contributed by atoms with Gasteiger partial charge in [0.15, 0.2) is 5.96 Å². The molecule has 126 valence electrons. The Labute approximate surface area is 144 Å². The fourth-order valence-corrected chi connectivity index (χ4v) is 3.63. The highest BCUT2D eigenvalue weighted by Crippen LogP contribution is 2.22. The maximum absolute atomic E-state index is 11.0. The SMILES string of the molecule is CN=C(NCCOCCS(C)(=O)=O)N(C)Cc1ccc(Br)s1. The average Bonchev–Trinajstić information content (AvgIpc) is 2.82. The van der Waals surface area contributed by atoms with Gasteiger partial charge in [-0.15, -0.1) is 11.3 Å². The van der Waals surface area contributed by atoms with Crippen LogP contribution in [0.5, 0.6) is 0 Å². The van der Waals surface area contributed by atoms with Crippen LogP contribution >= 0.6 is 27.3 Å². The molecule has 0 fully saturated rings. The molecule has 0 spiro atoms. The molecule has 0 aromatic carbocycles. The second-order valence-corrected chi connectivity index (χ2v) is 9.59. The Balaban J connectivity index is 2.27. The van der Waals surface area contributed by atoms with Crippen LogP contribution in [0.25, 0.3) is 0 Å². The zero-order valence-corrected chi connectivity index (χ0v) is 16.2. The zero-order valence-electron chi connectivity index (χ0n) is 13.0. The third kappa shape index (κ3) is 8.11. The molecule has 0 saturated heterocycles. The normalized spacial score (nSPS) is 12.5. The summed E-state index contributed by atoms with van der Waals surface area (Å²) in [5.41, 5.74) is 0. The largest absolute Gasteiger partial charge is 0.379 e. The van der Waals surface area contributed by atoms with Gasteiger partial charge in [-0.1, -0.05) is 0 Å². The van der Waals surface area contributed by atoms with Gasteiger partial charge in [0.2, 0.25) is 0 Å². The van der Waals surface area contributed by atoms with Gasteiger partial charge in [0, 0.05) is 31.8 Å². The van der Waals surface area contributed by atoms with Crippen molar-refractivity contribution in [2.45, 2.75) is 6.54 Å². The number of hydrogen-bond donors (Lipinski definition) is 1. The Morgan fingerprint density at radius 2 is 2.18 bits per heavy atom. The van der Waals surface area contributed by atoms with E-state index in [0.717, 1.165) is 16.3 Å². The molecule has 0 amide bonds. The lowest BCUT2D eigenvalue weighted by Crippen LogP contribution is -2.39. The fraction of sp³-hybridized carbons (Fsp3) is 0.615. The molecule has 0 bridgehead atoms. The van der Waals surface area contributed by atoms with Crippen LogP contribution in [0, 0.1) is 0 Å². The third-order valence-electron chi connectivity index (χ3n) is 2.72. The number of thiophene rings is 1. The Morgan fingerprint density at radius 1 is 1.45 bits per heavy atom. The highest BCUT2D eigenvalue weighted by Gasteiger charge is 2.08. The van der Waals surface area contributed by atoms with E-state index in [1.54, 1.807) is 18.4 Å². The number of ether oxygens (including phenoxy) is 1. The number of sulfone groups is 1. The molecular weight excluding hydrogens is 390 g/mol. The Bertz CT molecular complexity index is 587. The molecule has 1 aromatic rings. The molecule has 0 saturated carbocycles. The quantitative estimate of drug-likeness (QED) is 0.399. The lowest BCUT2D eigenvalue weighted by Gasteiger charge is -2.21. The van der Waals surface area contributed by atoms with E-state index in [4.69, 9.17) is 4.74 Å². The van der Waals surface area contributed by atoms with Crippen molar-refractivity contribution in [2.75, 3.05) is 45.9 Å². The van der Waals surface area contributed by atoms with Gasteiger partial charge in [-0.3, -0.25) is 4.99 Å². The van der Waals surface area contributed by atoms with Crippen molar-refractivity contribution >= 4 is 43.1 Å². The van der Waals surface area contributed by atoms with Gasteiger partial charge in [0.1, 0.15) is 9.84 Å². The van der Waals surface area contributed by atoms with Gasteiger partial charge < -0.3 is 15.0 Å². The summed E-state index contributed by atoms with van der Waals surface area (Å²) in [5.74, 6) is 0.825. The summed E-state index contributed by atoms with van der Waals surface area (Å²) in [7, 11) is 0.737. The van der Waals surface area contributed by atoms with Gasteiger partial charge in [-0.25, -0.2) is 8.42 Å². The maximum Gasteiger partial charge on any atom is 0.193 e. The molecule has 1 heterocycles. The summed E-state index contributed by atoms with van der Waals surface area (Å²) >= 11 is 5.14. The van der Waals surface area contributed by atoms with Crippen LogP contribution in [0.3, 0.4) is 0 Å². The first kappa shape index (κ1) is 19.4. The zero-order chi connectivity index (χ0) is 16.6. The number of rotatable bonds is 8. The molecule has 1 N–H and O–H groups in total. The van der Waals surface area contributed by atoms with Gasteiger partial charge in [-0.05, 0) is 28.1 Å². The molecular formula is C13H22BrN3O3S2. The molecule has 0 unspecified atom stereocenters. The fourth-order valence-electron chi connectivity index (χ4n) is 1.68. The van der Waals surface area contributed by atoms with Gasteiger partial charge in [0.25, 0.3) is 0 Å². The van der Waals surface area contributed by atoms with Crippen LogP contribution in [-0.4, -0.2) is 65.1 Å². The van der Waals surface area contributed by atoms with E-state index >= 15 is 0 Å². The lowest BCUT2D eigenvalue weighted by molar-refractivity contribution is 0.153. The van der Waals surface area contributed by atoms with Gasteiger partial charge in [0.05, 0.1) is 29.3 Å². The summed E-state index contributed by atoms with van der Waals surface area (Å²) in [4.78, 5) is 7.48. The highest BCUT2D eigenvalue weighted by molar-refractivity contribution is 9.11. The second-order valence-electron chi connectivity index (χ2n) is 4.78. The van der Waals surface area contributed by atoms with Crippen molar-refractivity contribution in [3.8, 4) is 0 Å². The van der Waals surface area contributed by atoms with Crippen LogP contribution in [0.2, 0.25) is 0 Å². The molecule has 1 aromatic heterocycles. The Kier molecular flexibility index (Phi) is 8.37. The maximum atomic E-state index is 11.0. The molecule has 0 aliphatic carbocycles. The number of halogens is 1. The minimum Gasteiger partial charge on any atom is -0.379 e. The topological polar surface area (TPSA) is 71.0 Å². The van der Waals surface area contributed by atoms with Crippen LogP contribution in [0.15, 0.2) is 20.9 Å². The van der Waals surface area contributed by atoms with E-state index in [-0.39, 0.29) is 12.4 Å². The molecule has 0 atom stereocenters. The van der Waals surface area contributed by atoms with E-state index in [1.807, 2.05) is 18.0 Å². The molecule has 0 radical (unpaired) electrons. The van der Waals surface area contributed by atoms with Crippen LogP contribution < -0.4 is 5.32 Å². The van der Waals surface area contributed by atoms with E-state index in [2.05, 4.69) is 32.3 Å². The molecule has 22 heavy (non-hydrogen) atoms. The minimum absolute atomic E-state index is 0.0505. The second kappa shape index (κ2) is 9.49. The van der Waals surface area contributed by atoms with Crippen molar-refractivity contribution in [3.05, 3.63) is 20.8 Å². The predicted molar refractivity (Wildman–Crippen MR) is 95.4 cm³/mol. The summed E-state index contributed by atoms with van der Waals surface area (Å²) in [5, 5.41) is 3.19. The Hall–Kier alpha value is -0.640. The molecule has 0 aliphatic rings. The summed E-state index contributed by atoms with van der Waals surface area (Å²) in [6, 6.07) is 4.10. The first-order chi connectivity index (χ1) is 10.3. The van der Waals surface area contributed by atoms with Crippen LogP contribution in [0.4, 0.5) is 0 Å². The van der Waals surface area contributed by atoms with Crippen molar-refractivity contribution < 1.29 is 13.2 Å². The minimum atomic E-state index is -2.96. The number of hydrogen-bond acceptors (Lipinski definition) is 5. The smallest absolute Gasteiger partial charge is 0.193 e. The molecule has 9 heteroatoms. The highest BCUT2D eigenvalue weighted by atomic mass is 79.9. The van der Waals surface area contributed by atoms with Crippen molar-refractivity contribution in [1.82, 2.24) is 10.2 Å². The molecule has 1 rings (SSSR count). The number of nitrogens with one attached hydrogen (secondary N) is 1. The number of nitrogens with zero attached hydrogens (tertiary/aromatic N) is 2. The van der Waals surface area contributed by atoms with Crippen LogP contribution in [0.1, 0.15) is 4.88 Å². The predicted octanol–water partition coefficient (Wildman–Crippen LogP) is 1.58.